The van der Waals surface area contributed by atoms with E-state index < -0.39 is 0 Å². The van der Waals surface area contributed by atoms with Crippen molar-refractivity contribution in [2.75, 3.05) is 13.7 Å². The molecule has 1 atom stereocenters. The first kappa shape index (κ1) is 11.5. The highest BCUT2D eigenvalue weighted by molar-refractivity contribution is 7.09. The van der Waals surface area contributed by atoms with E-state index in [1.807, 2.05) is 12.3 Å². The topological polar surface area (TPSA) is 42.4 Å². The van der Waals surface area contributed by atoms with Gasteiger partial charge in [-0.05, 0) is 19.8 Å². The lowest BCUT2D eigenvalue weighted by atomic mass is 10.2. The van der Waals surface area contributed by atoms with Gasteiger partial charge in [-0.15, -0.1) is 11.3 Å². The van der Waals surface area contributed by atoms with Crippen LogP contribution in [0.25, 0.3) is 0 Å². The fourth-order valence-electron chi connectivity index (χ4n) is 1.82. The molecule has 0 spiro atoms. The summed E-state index contributed by atoms with van der Waals surface area (Å²) in [6, 6.07) is 0. The lowest BCUT2D eigenvalue weighted by Gasteiger charge is -2.19. The Morgan fingerprint density at radius 2 is 2.56 bits per heavy atom. The van der Waals surface area contributed by atoms with E-state index in [9.17, 15) is 4.79 Å². The van der Waals surface area contributed by atoms with Crippen LogP contribution >= 0.6 is 11.3 Å². The van der Waals surface area contributed by atoms with Crippen LogP contribution < -0.4 is 0 Å². The summed E-state index contributed by atoms with van der Waals surface area (Å²) in [5, 5.41) is 3.03. The number of aromatic nitrogens is 1. The quantitative estimate of drug-likeness (QED) is 0.805. The van der Waals surface area contributed by atoms with Gasteiger partial charge in [0.1, 0.15) is 6.10 Å². The van der Waals surface area contributed by atoms with Crippen LogP contribution in [0.1, 0.15) is 23.5 Å². The van der Waals surface area contributed by atoms with Crippen LogP contribution in [0.5, 0.6) is 0 Å². The Hall–Kier alpha value is -0.940. The molecule has 0 saturated carbocycles. The van der Waals surface area contributed by atoms with Gasteiger partial charge in [-0.1, -0.05) is 0 Å². The van der Waals surface area contributed by atoms with Gasteiger partial charge in [0.2, 0.25) is 0 Å². The molecule has 1 saturated heterocycles. The molecule has 1 unspecified atom stereocenters. The first-order chi connectivity index (χ1) is 7.66. The monoisotopic (exact) mass is 240 g/mol. The maximum atomic E-state index is 11.9. The van der Waals surface area contributed by atoms with Gasteiger partial charge in [-0.3, -0.25) is 4.79 Å². The molecule has 88 valence electrons. The number of hydrogen-bond donors (Lipinski definition) is 0. The predicted molar refractivity (Wildman–Crippen MR) is 62.3 cm³/mol. The van der Waals surface area contributed by atoms with Crippen molar-refractivity contribution in [2.45, 2.75) is 32.4 Å². The molecule has 1 fully saturated rings. The van der Waals surface area contributed by atoms with Gasteiger partial charge in [0.25, 0.3) is 5.91 Å². The van der Waals surface area contributed by atoms with E-state index in [0.717, 1.165) is 23.5 Å². The summed E-state index contributed by atoms with van der Waals surface area (Å²) >= 11 is 1.61. The molecule has 2 heterocycles. The molecule has 16 heavy (non-hydrogen) atoms. The van der Waals surface area contributed by atoms with Crippen LogP contribution in [0.3, 0.4) is 0 Å². The number of rotatable bonds is 3. The van der Waals surface area contributed by atoms with Crippen molar-refractivity contribution in [2.24, 2.45) is 0 Å². The molecular formula is C11H16N2O2S. The number of carbonyl (C=O) groups excluding carboxylic acids is 1. The third-order valence-corrected chi connectivity index (χ3v) is 3.47. The second-order valence-electron chi connectivity index (χ2n) is 4.05. The van der Waals surface area contributed by atoms with Gasteiger partial charge in [-0.25, -0.2) is 4.98 Å². The van der Waals surface area contributed by atoms with Crippen LogP contribution in [-0.4, -0.2) is 35.5 Å². The Balaban J connectivity index is 1.91. The highest BCUT2D eigenvalue weighted by Crippen LogP contribution is 2.16. The minimum absolute atomic E-state index is 0.0724. The number of amides is 1. The molecule has 4 nitrogen and oxygen atoms in total. The van der Waals surface area contributed by atoms with E-state index in [1.165, 1.54) is 0 Å². The second-order valence-corrected chi connectivity index (χ2v) is 5.12. The normalized spacial score (nSPS) is 20.0. The summed E-state index contributed by atoms with van der Waals surface area (Å²) in [5.74, 6) is 0.0724. The van der Waals surface area contributed by atoms with E-state index in [0.29, 0.717) is 13.2 Å². The minimum atomic E-state index is -0.232. The van der Waals surface area contributed by atoms with E-state index >= 15 is 0 Å². The molecule has 0 radical (unpaired) electrons. The number of carbonyl (C=O) groups is 1. The highest BCUT2D eigenvalue weighted by Gasteiger charge is 2.26. The van der Waals surface area contributed by atoms with Crippen molar-refractivity contribution < 1.29 is 9.53 Å². The SMILES string of the molecule is Cc1nc(CN(C)C(=O)C2CCCO2)cs1. The first-order valence-electron chi connectivity index (χ1n) is 5.44. The summed E-state index contributed by atoms with van der Waals surface area (Å²) in [5.41, 5.74) is 0.955. The zero-order valence-electron chi connectivity index (χ0n) is 9.60. The lowest BCUT2D eigenvalue weighted by Crippen LogP contribution is -2.35. The molecule has 1 aromatic rings. The molecule has 0 aromatic carbocycles. The van der Waals surface area contributed by atoms with Gasteiger partial charge >= 0.3 is 0 Å². The maximum absolute atomic E-state index is 11.9. The third kappa shape index (κ3) is 2.59. The molecular weight excluding hydrogens is 224 g/mol. The average molecular weight is 240 g/mol. The maximum Gasteiger partial charge on any atom is 0.251 e. The summed E-state index contributed by atoms with van der Waals surface area (Å²) in [4.78, 5) is 18.0. The summed E-state index contributed by atoms with van der Waals surface area (Å²) in [6.07, 6.45) is 1.60. The number of thiazole rings is 1. The van der Waals surface area contributed by atoms with E-state index in [-0.39, 0.29) is 12.0 Å². The Bertz CT molecular complexity index is 372. The largest absolute Gasteiger partial charge is 0.368 e. The lowest BCUT2D eigenvalue weighted by molar-refractivity contribution is -0.140. The Morgan fingerprint density at radius 3 is 3.12 bits per heavy atom. The second kappa shape index (κ2) is 4.93. The van der Waals surface area contributed by atoms with Gasteiger partial charge in [0, 0.05) is 19.0 Å². The average Bonchev–Trinajstić information content (AvgIpc) is 2.88. The summed E-state index contributed by atoms with van der Waals surface area (Å²) < 4.78 is 5.37. The van der Waals surface area contributed by atoms with Crippen LogP contribution in [0.2, 0.25) is 0 Å². The zero-order chi connectivity index (χ0) is 11.5. The molecule has 1 aliphatic heterocycles. The number of hydrogen-bond acceptors (Lipinski definition) is 4. The van der Waals surface area contributed by atoms with Crippen LogP contribution in [-0.2, 0) is 16.1 Å². The Kier molecular flexibility index (Phi) is 3.56. The molecule has 5 heteroatoms. The third-order valence-electron chi connectivity index (χ3n) is 2.65. The highest BCUT2D eigenvalue weighted by atomic mass is 32.1. The summed E-state index contributed by atoms with van der Waals surface area (Å²) in [6.45, 7) is 3.25. The van der Waals surface area contributed by atoms with Crippen molar-refractivity contribution in [1.82, 2.24) is 9.88 Å². The van der Waals surface area contributed by atoms with Crippen molar-refractivity contribution in [3.8, 4) is 0 Å². The van der Waals surface area contributed by atoms with Crippen molar-refractivity contribution in [1.29, 1.82) is 0 Å². The predicted octanol–water partition coefficient (Wildman–Crippen LogP) is 1.59. The van der Waals surface area contributed by atoms with Gasteiger partial charge in [0.05, 0.1) is 17.2 Å². The number of aryl methyl sites for hydroxylation is 1. The number of ether oxygens (including phenoxy) is 1. The van der Waals surface area contributed by atoms with E-state index in [2.05, 4.69) is 4.98 Å². The Labute approximate surface area is 99.2 Å². The molecule has 0 bridgehead atoms. The number of likely N-dealkylation sites (N-methyl/N-ethyl adjacent to an activating group) is 1. The van der Waals surface area contributed by atoms with Crippen LogP contribution in [0.15, 0.2) is 5.38 Å². The molecule has 1 amide bonds. The number of nitrogens with zero attached hydrogens (tertiary/aromatic N) is 2. The molecule has 2 rings (SSSR count). The molecule has 0 N–H and O–H groups in total. The van der Waals surface area contributed by atoms with Crippen molar-refractivity contribution >= 4 is 17.2 Å². The van der Waals surface area contributed by atoms with Gasteiger partial charge < -0.3 is 9.64 Å². The minimum Gasteiger partial charge on any atom is -0.368 e. The Morgan fingerprint density at radius 1 is 1.75 bits per heavy atom. The van der Waals surface area contributed by atoms with Gasteiger partial charge in [-0.2, -0.15) is 0 Å². The fraction of sp³-hybridized carbons (Fsp3) is 0.636. The van der Waals surface area contributed by atoms with Crippen LogP contribution in [0.4, 0.5) is 0 Å². The smallest absolute Gasteiger partial charge is 0.251 e. The van der Waals surface area contributed by atoms with E-state index in [1.54, 1.807) is 23.3 Å². The summed E-state index contributed by atoms with van der Waals surface area (Å²) in [7, 11) is 1.80. The standard InChI is InChI=1S/C11H16N2O2S/c1-8-12-9(7-16-8)6-13(2)11(14)10-4-3-5-15-10/h7,10H,3-6H2,1-2H3. The zero-order valence-corrected chi connectivity index (χ0v) is 10.4. The molecule has 1 aromatic heterocycles. The first-order valence-corrected chi connectivity index (χ1v) is 6.32. The van der Waals surface area contributed by atoms with E-state index in [4.69, 9.17) is 4.74 Å². The van der Waals surface area contributed by atoms with Crippen molar-refractivity contribution in [3.05, 3.63) is 16.1 Å². The van der Waals surface area contributed by atoms with Crippen molar-refractivity contribution in [3.63, 3.8) is 0 Å². The molecule has 1 aliphatic rings. The van der Waals surface area contributed by atoms with Gasteiger partial charge in [0.15, 0.2) is 0 Å². The molecule has 0 aliphatic carbocycles. The van der Waals surface area contributed by atoms with Crippen LogP contribution in [0, 0.1) is 6.92 Å². The fourth-order valence-corrected chi connectivity index (χ4v) is 2.42.